The molecule has 0 amide bonds. The predicted octanol–water partition coefficient (Wildman–Crippen LogP) is 2.03. The van der Waals surface area contributed by atoms with Crippen molar-refractivity contribution in [3.05, 3.63) is 42.2 Å². The number of pyridine rings is 1. The molecule has 0 saturated carbocycles. The van der Waals surface area contributed by atoms with Crippen LogP contribution >= 0.6 is 0 Å². The minimum atomic E-state index is -0.514. The van der Waals surface area contributed by atoms with E-state index in [0.717, 1.165) is 17.4 Å². The molecule has 2 aromatic rings. The Morgan fingerprint density at radius 1 is 1.36 bits per heavy atom. The number of hydrogen-bond donors (Lipinski definition) is 1. The first-order valence-corrected chi connectivity index (χ1v) is 4.05. The number of carbonyl (C=O) groups is 1. The van der Waals surface area contributed by atoms with Gasteiger partial charge in [0.15, 0.2) is 6.29 Å². The van der Waals surface area contributed by atoms with Gasteiger partial charge in [0.05, 0.1) is 5.69 Å². The highest BCUT2D eigenvalue weighted by atomic mass is 19.1. The molecule has 0 spiro atoms. The number of rotatable bonds is 2. The van der Waals surface area contributed by atoms with E-state index in [1.165, 1.54) is 12.3 Å². The minimum Gasteiger partial charge on any atom is -0.358 e. The molecule has 0 aliphatic heterocycles. The summed E-state index contributed by atoms with van der Waals surface area (Å²) in [6, 6.07) is 4.57. The summed E-state index contributed by atoms with van der Waals surface area (Å²) in [4.78, 5) is 16.7. The molecule has 1 N–H and O–H groups in total. The van der Waals surface area contributed by atoms with Gasteiger partial charge in [-0.2, -0.15) is 4.39 Å². The van der Waals surface area contributed by atoms with E-state index in [9.17, 15) is 9.18 Å². The number of carbonyl (C=O) groups excluding carboxylic acids is 1. The van der Waals surface area contributed by atoms with Crippen LogP contribution in [0.2, 0.25) is 0 Å². The fourth-order valence-electron chi connectivity index (χ4n) is 1.19. The van der Waals surface area contributed by atoms with Gasteiger partial charge in [-0.25, -0.2) is 4.98 Å². The van der Waals surface area contributed by atoms with Crippen molar-refractivity contribution in [3.63, 3.8) is 0 Å². The molecule has 0 unspecified atom stereocenters. The van der Waals surface area contributed by atoms with Gasteiger partial charge in [0, 0.05) is 23.5 Å². The van der Waals surface area contributed by atoms with E-state index in [2.05, 4.69) is 9.97 Å². The molecular weight excluding hydrogens is 183 g/mol. The van der Waals surface area contributed by atoms with Crippen LogP contribution in [0, 0.1) is 5.95 Å². The Morgan fingerprint density at radius 3 is 2.79 bits per heavy atom. The third kappa shape index (κ3) is 1.54. The molecule has 2 aromatic heterocycles. The number of aromatic amines is 1. The minimum absolute atomic E-state index is 0.490. The summed E-state index contributed by atoms with van der Waals surface area (Å²) in [6.45, 7) is 0. The summed E-state index contributed by atoms with van der Waals surface area (Å²) in [5.41, 5.74) is 2.08. The van der Waals surface area contributed by atoms with Gasteiger partial charge in [0.2, 0.25) is 5.95 Å². The van der Waals surface area contributed by atoms with Crippen molar-refractivity contribution in [2.45, 2.75) is 0 Å². The molecule has 0 aliphatic carbocycles. The maximum Gasteiger partial charge on any atom is 0.212 e. The molecule has 0 radical (unpaired) electrons. The number of halogens is 1. The van der Waals surface area contributed by atoms with Gasteiger partial charge in [-0.1, -0.05) is 0 Å². The van der Waals surface area contributed by atoms with Crippen molar-refractivity contribution < 1.29 is 9.18 Å². The van der Waals surface area contributed by atoms with Crippen LogP contribution in [0.15, 0.2) is 30.6 Å². The highest BCUT2D eigenvalue weighted by Crippen LogP contribution is 2.18. The lowest BCUT2D eigenvalue weighted by molar-refractivity contribution is 0.111. The van der Waals surface area contributed by atoms with Crippen LogP contribution in [0.25, 0.3) is 11.1 Å². The number of nitrogens with one attached hydrogen (secondary N) is 1. The monoisotopic (exact) mass is 190 g/mol. The van der Waals surface area contributed by atoms with Gasteiger partial charge in [0.25, 0.3) is 0 Å². The Balaban J connectivity index is 2.39. The van der Waals surface area contributed by atoms with Crippen molar-refractivity contribution in [3.8, 4) is 11.1 Å². The van der Waals surface area contributed by atoms with Crippen molar-refractivity contribution >= 4 is 6.29 Å². The van der Waals surface area contributed by atoms with Gasteiger partial charge < -0.3 is 4.98 Å². The zero-order chi connectivity index (χ0) is 9.97. The summed E-state index contributed by atoms with van der Waals surface area (Å²) in [5, 5.41) is 0. The Labute approximate surface area is 79.6 Å². The number of nitrogens with zero attached hydrogens (tertiary/aromatic N) is 1. The lowest BCUT2D eigenvalue weighted by Gasteiger charge is -1.94. The third-order valence-electron chi connectivity index (χ3n) is 1.89. The van der Waals surface area contributed by atoms with E-state index in [1.54, 1.807) is 18.3 Å². The number of aldehydes is 1. The van der Waals surface area contributed by atoms with Crippen molar-refractivity contribution in [1.82, 2.24) is 9.97 Å². The molecule has 70 valence electrons. The molecule has 0 aromatic carbocycles. The zero-order valence-electron chi connectivity index (χ0n) is 7.20. The summed E-state index contributed by atoms with van der Waals surface area (Å²) >= 11 is 0. The quantitative estimate of drug-likeness (QED) is 0.581. The molecule has 0 saturated heterocycles. The molecule has 2 heterocycles. The third-order valence-corrected chi connectivity index (χ3v) is 1.89. The lowest BCUT2D eigenvalue weighted by Crippen LogP contribution is -1.81. The molecule has 2 rings (SSSR count). The summed E-state index contributed by atoms with van der Waals surface area (Å²) in [6.07, 6.45) is 3.83. The lowest BCUT2D eigenvalue weighted by atomic mass is 10.1. The number of hydrogen-bond acceptors (Lipinski definition) is 2. The normalized spacial score (nSPS) is 10.1. The van der Waals surface area contributed by atoms with E-state index in [-0.39, 0.29) is 0 Å². The van der Waals surface area contributed by atoms with Crippen molar-refractivity contribution in [2.24, 2.45) is 0 Å². The molecule has 4 heteroatoms. The maximum absolute atomic E-state index is 12.5. The van der Waals surface area contributed by atoms with Gasteiger partial charge >= 0.3 is 0 Å². The number of H-pyrrole nitrogens is 1. The first-order chi connectivity index (χ1) is 6.79. The van der Waals surface area contributed by atoms with E-state index in [0.29, 0.717) is 5.69 Å². The highest BCUT2D eigenvalue weighted by Gasteiger charge is 2.01. The average molecular weight is 190 g/mol. The summed E-state index contributed by atoms with van der Waals surface area (Å²) in [7, 11) is 0. The summed E-state index contributed by atoms with van der Waals surface area (Å²) < 4.78 is 12.5. The van der Waals surface area contributed by atoms with E-state index in [1.807, 2.05) is 0 Å². The second-order valence-electron chi connectivity index (χ2n) is 2.83. The topological polar surface area (TPSA) is 45.8 Å². The predicted molar refractivity (Wildman–Crippen MR) is 49.4 cm³/mol. The van der Waals surface area contributed by atoms with Gasteiger partial charge in [-0.3, -0.25) is 4.79 Å². The van der Waals surface area contributed by atoms with Crippen LogP contribution in [-0.4, -0.2) is 16.3 Å². The van der Waals surface area contributed by atoms with Gasteiger partial charge in [0.1, 0.15) is 0 Å². The standard InChI is InChI=1S/C10H7FN2O/c11-10-2-1-7(4-13-10)8-3-9(6-14)12-5-8/h1-6,12H. The van der Waals surface area contributed by atoms with Gasteiger partial charge in [-0.15, -0.1) is 0 Å². The van der Waals surface area contributed by atoms with E-state index >= 15 is 0 Å². The van der Waals surface area contributed by atoms with E-state index in [4.69, 9.17) is 0 Å². The second kappa shape index (κ2) is 3.41. The Bertz CT molecular complexity index is 447. The molecular formula is C10H7FN2O. The largest absolute Gasteiger partial charge is 0.358 e. The molecule has 0 fully saturated rings. The van der Waals surface area contributed by atoms with Crippen LogP contribution in [0.1, 0.15) is 10.5 Å². The van der Waals surface area contributed by atoms with Crippen molar-refractivity contribution in [1.29, 1.82) is 0 Å². The molecule has 0 atom stereocenters. The first-order valence-electron chi connectivity index (χ1n) is 4.05. The smallest absolute Gasteiger partial charge is 0.212 e. The Hall–Kier alpha value is -1.97. The average Bonchev–Trinajstić information content (AvgIpc) is 2.67. The van der Waals surface area contributed by atoms with Crippen LogP contribution in [-0.2, 0) is 0 Å². The molecule has 3 nitrogen and oxygen atoms in total. The summed E-state index contributed by atoms with van der Waals surface area (Å²) in [5.74, 6) is -0.514. The fraction of sp³-hybridized carbons (Fsp3) is 0. The SMILES string of the molecule is O=Cc1cc(-c2ccc(F)nc2)c[nH]1. The zero-order valence-corrected chi connectivity index (χ0v) is 7.20. The van der Waals surface area contributed by atoms with Crippen LogP contribution in [0.5, 0.6) is 0 Å². The second-order valence-corrected chi connectivity index (χ2v) is 2.83. The van der Waals surface area contributed by atoms with E-state index < -0.39 is 5.95 Å². The van der Waals surface area contributed by atoms with Gasteiger partial charge in [-0.05, 0) is 18.2 Å². The Morgan fingerprint density at radius 2 is 2.21 bits per heavy atom. The van der Waals surface area contributed by atoms with Crippen molar-refractivity contribution in [2.75, 3.05) is 0 Å². The fourth-order valence-corrected chi connectivity index (χ4v) is 1.19. The molecule has 0 aliphatic rings. The van der Waals surface area contributed by atoms with Crippen LogP contribution < -0.4 is 0 Å². The first kappa shape index (κ1) is 8.62. The highest BCUT2D eigenvalue weighted by molar-refractivity contribution is 5.76. The van der Waals surface area contributed by atoms with Crippen LogP contribution in [0.4, 0.5) is 4.39 Å². The van der Waals surface area contributed by atoms with Crippen LogP contribution in [0.3, 0.4) is 0 Å². The number of aromatic nitrogens is 2. The Kier molecular flexibility index (Phi) is 2.10. The molecule has 0 bridgehead atoms. The molecule has 14 heavy (non-hydrogen) atoms. The maximum atomic E-state index is 12.5.